The molecule has 1 fully saturated rings. The van der Waals surface area contributed by atoms with Crippen LogP contribution >= 0.6 is 0 Å². The summed E-state index contributed by atoms with van der Waals surface area (Å²) in [6.45, 7) is 4.94. The quantitative estimate of drug-likeness (QED) is 0.814. The van der Waals surface area contributed by atoms with Crippen LogP contribution in [0.25, 0.3) is 0 Å². The predicted molar refractivity (Wildman–Crippen MR) is 69.5 cm³/mol. The van der Waals surface area contributed by atoms with Gasteiger partial charge in [0, 0.05) is 6.04 Å². The maximum Gasteiger partial charge on any atom is 0.126 e. The molecule has 2 heteroatoms. The molecule has 1 aliphatic carbocycles. The van der Waals surface area contributed by atoms with Gasteiger partial charge in [-0.25, -0.2) is 4.39 Å². The van der Waals surface area contributed by atoms with Gasteiger partial charge < -0.3 is 5.32 Å². The molecule has 1 aliphatic rings. The highest BCUT2D eigenvalue weighted by Gasteiger charge is 2.17. The topological polar surface area (TPSA) is 12.0 Å². The van der Waals surface area contributed by atoms with E-state index in [0.29, 0.717) is 0 Å². The Balaban J connectivity index is 1.81. The van der Waals surface area contributed by atoms with Crippen molar-refractivity contribution in [2.45, 2.75) is 45.6 Å². The van der Waals surface area contributed by atoms with E-state index in [1.807, 2.05) is 12.1 Å². The van der Waals surface area contributed by atoms with Gasteiger partial charge in [-0.3, -0.25) is 0 Å². The summed E-state index contributed by atoms with van der Waals surface area (Å²) in [7, 11) is 0. The number of nitrogens with one attached hydrogen (secondary N) is 1. The maximum absolute atomic E-state index is 13.4. The van der Waals surface area contributed by atoms with Gasteiger partial charge in [-0.1, -0.05) is 31.4 Å². The zero-order chi connectivity index (χ0) is 12.3. The van der Waals surface area contributed by atoms with Gasteiger partial charge in [0.1, 0.15) is 5.82 Å². The van der Waals surface area contributed by atoms with E-state index < -0.39 is 0 Å². The first kappa shape index (κ1) is 12.6. The molecule has 0 bridgehead atoms. The van der Waals surface area contributed by atoms with Gasteiger partial charge in [0.2, 0.25) is 0 Å². The van der Waals surface area contributed by atoms with Crippen LogP contribution in [0.15, 0.2) is 18.2 Å². The van der Waals surface area contributed by atoms with Gasteiger partial charge in [-0.2, -0.15) is 0 Å². The van der Waals surface area contributed by atoms with Crippen LogP contribution < -0.4 is 5.32 Å². The molecule has 0 aliphatic heterocycles. The predicted octanol–water partition coefficient (Wildman–Crippen LogP) is 3.97. The Hall–Kier alpha value is -0.890. The minimum atomic E-state index is -0.102. The molecular formula is C15H22FN. The van der Waals surface area contributed by atoms with Gasteiger partial charge in [-0.15, -0.1) is 0 Å². The van der Waals surface area contributed by atoms with Crippen LogP contribution in [-0.2, 0) is 0 Å². The molecule has 1 saturated carbocycles. The average Bonchev–Trinajstić information content (AvgIpc) is 2.25. The third-order valence-electron chi connectivity index (χ3n) is 3.92. The maximum atomic E-state index is 13.4. The van der Waals surface area contributed by atoms with Crippen molar-refractivity contribution in [3.8, 4) is 0 Å². The summed E-state index contributed by atoms with van der Waals surface area (Å²) in [6, 6.07) is 5.76. The molecule has 1 atom stereocenters. The van der Waals surface area contributed by atoms with Crippen LogP contribution in [0, 0.1) is 18.7 Å². The second kappa shape index (κ2) is 5.63. The van der Waals surface area contributed by atoms with Crippen LogP contribution in [0.3, 0.4) is 0 Å². The molecule has 2 rings (SSSR count). The molecule has 1 unspecified atom stereocenters. The van der Waals surface area contributed by atoms with Crippen molar-refractivity contribution < 1.29 is 4.39 Å². The zero-order valence-electron chi connectivity index (χ0n) is 10.8. The minimum absolute atomic E-state index is 0.102. The number of halogens is 1. The zero-order valence-corrected chi connectivity index (χ0v) is 10.8. The Morgan fingerprint density at radius 1 is 1.41 bits per heavy atom. The van der Waals surface area contributed by atoms with Crippen LogP contribution in [0.2, 0.25) is 0 Å². The number of benzene rings is 1. The Morgan fingerprint density at radius 2 is 2.18 bits per heavy atom. The van der Waals surface area contributed by atoms with Crippen molar-refractivity contribution in [2.24, 2.45) is 5.92 Å². The largest absolute Gasteiger partial charge is 0.310 e. The van der Waals surface area contributed by atoms with Crippen molar-refractivity contribution in [1.29, 1.82) is 0 Å². The lowest BCUT2D eigenvalue weighted by Gasteiger charge is -2.26. The molecule has 1 N–H and O–H groups in total. The fourth-order valence-corrected chi connectivity index (χ4v) is 2.28. The van der Waals surface area contributed by atoms with Gasteiger partial charge in [0.15, 0.2) is 0 Å². The van der Waals surface area contributed by atoms with Crippen molar-refractivity contribution in [3.05, 3.63) is 35.1 Å². The molecule has 94 valence electrons. The van der Waals surface area contributed by atoms with Gasteiger partial charge in [-0.05, 0) is 49.9 Å². The highest BCUT2D eigenvalue weighted by atomic mass is 19.1. The van der Waals surface area contributed by atoms with Crippen LogP contribution in [0.5, 0.6) is 0 Å². The van der Waals surface area contributed by atoms with E-state index in [0.717, 1.165) is 23.6 Å². The molecule has 0 amide bonds. The summed E-state index contributed by atoms with van der Waals surface area (Å²) >= 11 is 0. The second-order valence-electron chi connectivity index (χ2n) is 5.27. The number of hydrogen-bond acceptors (Lipinski definition) is 1. The minimum Gasteiger partial charge on any atom is -0.310 e. The normalized spacial score (nSPS) is 17.8. The molecule has 0 saturated heterocycles. The Morgan fingerprint density at radius 3 is 2.76 bits per heavy atom. The lowest BCUT2D eigenvalue weighted by Crippen LogP contribution is -2.24. The van der Waals surface area contributed by atoms with Crippen molar-refractivity contribution in [3.63, 3.8) is 0 Å². The molecular weight excluding hydrogens is 213 g/mol. The van der Waals surface area contributed by atoms with E-state index in [1.54, 1.807) is 13.0 Å². The number of rotatable bonds is 5. The van der Waals surface area contributed by atoms with Crippen molar-refractivity contribution in [1.82, 2.24) is 5.32 Å². The highest BCUT2D eigenvalue weighted by Crippen LogP contribution is 2.29. The van der Waals surface area contributed by atoms with E-state index in [-0.39, 0.29) is 11.9 Å². The third kappa shape index (κ3) is 3.29. The van der Waals surface area contributed by atoms with E-state index in [9.17, 15) is 4.39 Å². The van der Waals surface area contributed by atoms with E-state index >= 15 is 0 Å². The third-order valence-corrected chi connectivity index (χ3v) is 3.92. The first-order valence-corrected chi connectivity index (χ1v) is 6.66. The van der Waals surface area contributed by atoms with Crippen LogP contribution in [0.4, 0.5) is 4.39 Å². The summed E-state index contributed by atoms with van der Waals surface area (Å²) in [5.41, 5.74) is 1.76. The highest BCUT2D eigenvalue weighted by molar-refractivity contribution is 5.25. The molecule has 0 radical (unpaired) electrons. The smallest absolute Gasteiger partial charge is 0.126 e. The van der Waals surface area contributed by atoms with Crippen LogP contribution in [-0.4, -0.2) is 6.54 Å². The number of hydrogen-bond donors (Lipinski definition) is 1. The summed E-state index contributed by atoms with van der Waals surface area (Å²) in [5.74, 6) is 0.833. The SMILES string of the molecule is Cc1ccc(C(C)NCCC2CCC2)cc1F. The Bertz CT molecular complexity index is 371. The second-order valence-corrected chi connectivity index (χ2v) is 5.27. The fraction of sp³-hybridized carbons (Fsp3) is 0.600. The van der Waals surface area contributed by atoms with Gasteiger partial charge in [0.05, 0.1) is 0 Å². The first-order chi connectivity index (χ1) is 8.16. The van der Waals surface area contributed by atoms with Gasteiger partial charge >= 0.3 is 0 Å². The monoisotopic (exact) mass is 235 g/mol. The molecule has 0 aromatic heterocycles. The first-order valence-electron chi connectivity index (χ1n) is 6.66. The van der Waals surface area contributed by atoms with E-state index in [1.165, 1.54) is 25.7 Å². The molecule has 17 heavy (non-hydrogen) atoms. The lowest BCUT2D eigenvalue weighted by molar-refractivity contribution is 0.288. The van der Waals surface area contributed by atoms with Crippen molar-refractivity contribution >= 4 is 0 Å². The Labute approximate surface area is 103 Å². The average molecular weight is 235 g/mol. The van der Waals surface area contributed by atoms with Gasteiger partial charge in [0.25, 0.3) is 0 Å². The number of aryl methyl sites for hydroxylation is 1. The molecule has 0 heterocycles. The summed E-state index contributed by atoms with van der Waals surface area (Å²) in [4.78, 5) is 0. The molecule has 1 nitrogen and oxygen atoms in total. The summed E-state index contributed by atoms with van der Waals surface area (Å²) in [5, 5.41) is 3.48. The summed E-state index contributed by atoms with van der Waals surface area (Å²) < 4.78 is 13.4. The molecule has 1 aromatic carbocycles. The fourth-order valence-electron chi connectivity index (χ4n) is 2.28. The van der Waals surface area contributed by atoms with Crippen molar-refractivity contribution in [2.75, 3.05) is 6.54 Å². The standard InChI is InChI=1S/C15H22FN/c1-11-6-7-14(10-15(11)16)12(2)17-9-8-13-4-3-5-13/h6-7,10,12-13,17H,3-5,8-9H2,1-2H3. The summed E-state index contributed by atoms with van der Waals surface area (Å²) in [6.07, 6.45) is 5.46. The Kier molecular flexibility index (Phi) is 4.16. The molecule has 1 aromatic rings. The molecule has 0 spiro atoms. The lowest BCUT2D eigenvalue weighted by atomic mass is 9.83. The van der Waals surface area contributed by atoms with Crippen LogP contribution in [0.1, 0.15) is 49.8 Å². The van der Waals surface area contributed by atoms with E-state index in [4.69, 9.17) is 0 Å². The van der Waals surface area contributed by atoms with E-state index in [2.05, 4.69) is 12.2 Å².